The Morgan fingerprint density at radius 3 is 1.17 bits per heavy atom. The van der Waals surface area contributed by atoms with E-state index in [0.717, 1.165) is 128 Å². The van der Waals surface area contributed by atoms with Crippen LogP contribution in [0.3, 0.4) is 0 Å². The van der Waals surface area contributed by atoms with Gasteiger partial charge in [-0.15, -0.1) is 0 Å². The molecule has 0 aromatic carbocycles. The molecule has 17 atom stereocenters. The molecule has 12 N–H and O–H groups in total. The fourth-order valence-corrected chi connectivity index (χ4v) is 11.0. The van der Waals surface area contributed by atoms with Crippen LogP contribution in [0.1, 0.15) is 200 Å². The number of unbranched alkanes of at least 4 members (excludes halogenated alkanes) is 15. The molecule has 96 heavy (non-hydrogen) atoms. The molecular formula is C77H125NO18. The van der Waals surface area contributed by atoms with Crippen LogP contribution in [-0.2, 0) is 33.2 Å². The number of hydrogen-bond acceptors (Lipinski definition) is 18. The highest BCUT2D eigenvalue weighted by molar-refractivity contribution is 5.76. The predicted octanol–water partition coefficient (Wildman–Crippen LogP) is 10.3. The van der Waals surface area contributed by atoms with Crippen molar-refractivity contribution in [1.29, 1.82) is 0 Å². The first-order valence-corrected chi connectivity index (χ1v) is 36.1. The highest BCUT2D eigenvalue weighted by Crippen LogP contribution is 2.33. The average Bonchev–Trinajstić information content (AvgIpc) is 0.798. The standard InChI is InChI=1S/C77H125NO18/c1-3-5-7-9-11-13-15-17-19-21-22-23-24-25-26-27-28-29-30-31-32-33-34-35-36-37-38-39-41-43-45-47-49-51-53-55-65(83)78-60(61(82)54-52-50-48-46-44-42-40-20-18-16-14-12-10-8-6-4-2)59-91-75-71(89)68(86)73(63(57-80)93-75)96-77-72(90)69(87)74(64(58-81)94-77)95-76-70(88)67(85)66(84)62(56-79)92-76/h5,7,11,13,17-20,22-23,25-26,28-29,31-32,34-35,37-38,44,46,52,54,60-64,66-77,79-82,84-90H,3-4,6,8-10,12,14-16,21,24,27,30,33,36,39-43,45,47-51,53,55-59H2,1-2H3,(H,78,83)/b7-5-,13-11-,19-17-,20-18+,23-22-,26-25-,29-28-,32-31-,35-34-,38-37-,46-44+,54-52+. The molecule has 19 heteroatoms. The van der Waals surface area contributed by atoms with Gasteiger partial charge in [-0.2, -0.15) is 0 Å². The Balaban J connectivity index is 1.40. The number of rotatable bonds is 53. The van der Waals surface area contributed by atoms with Gasteiger partial charge in [0.1, 0.15) is 73.2 Å². The number of ether oxygens (including phenoxy) is 6. The van der Waals surface area contributed by atoms with Gasteiger partial charge in [-0.25, -0.2) is 0 Å². The maximum Gasteiger partial charge on any atom is 0.220 e. The van der Waals surface area contributed by atoms with Crippen LogP contribution in [0.4, 0.5) is 0 Å². The number of carbonyl (C=O) groups is 1. The molecule has 1 amide bonds. The summed E-state index contributed by atoms with van der Waals surface area (Å²) in [6.07, 6.45) is 53.9. The molecule has 0 bridgehead atoms. The summed E-state index contributed by atoms with van der Waals surface area (Å²) in [6.45, 7) is 1.54. The highest BCUT2D eigenvalue weighted by Gasteiger charge is 2.53. The van der Waals surface area contributed by atoms with Gasteiger partial charge in [0.2, 0.25) is 5.91 Å². The number of amides is 1. The maximum absolute atomic E-state index is 13.4. The summed E-state index contributed by atoms with van der Waals surface area (Å²) in [5.41, 5.74) is 0. The van der Waals surface area contributed by atoms with Crippen molar-refractivity contribution in [3.8, 4) is 0 Å². The lowest BCUT2D eigenvalue weighted by Crippen LogP contribution is -2.66. The lowest BCUT2D eigenvalue weighted by Gasteiger charge is -2.48. The first kappa shape index (κ1) is 85.9. The van der Waals surface area contributed by atoms with Crippen LogP contribution in [0.25, 0.3) is 0 Å². The third kappa shape index (κ3) is 37.2. The van der Waals surface area contributed by atoms with Crippen molar-refractivity contribution in [1.82, 2.24) is 5.32 Å². The second kappa shape index (κ2) is 56.4. The van der Waals surface area contributed by atoms with Gasteiger partial charge in [0.25, 0.3) is 0 Å². The summed E-state index contributed by atoms with van der Waals surface area (Å²) in [6, 6.07) is -1.01. The molecule has 3 rings (SSSR count). The topological polar surface area (TPSA) is 307 Å². The van der Waals surface area contributed by atoms with Crippen LogP contribution < -0.4 is 5.32 Å². The molecule has 3 heterocycles. The second-order valence-corrected chi connectivity index (χ2v) is 24.9. The van der Waals surface area contributed by atoms with E-state index in [9.17, 15) is 61.0 Å². The average molecular weight is 1350 g/mol. The van der Waals surface area contributed by atoms with E-state index in [2.05, 4.69) is 153 Å². The Kier molecular flexibility index (Phi) is 50.5. The van der Waals surface area contributed by atoms with Gasteiger partial charge in [-0.3, -0.25) is 4.79 Å². The molecule has 0 aromatic heterocycles. The Bertz CT molecular complexity index is 2310. The van der Waals surface area contributed by atoms with Crippen molar-refractivity contribution in [3.05, 3.63) is 146 Å². The van der Waals surface area contributed by atoms with E-state index >= 15 is 0 Å². The molecule has 3 aliphatic heterocycles. The number of hydrogen-bond donors (Lipinski definition) is 12. The largest absolute Gasteiger partial charge is 0.394 e. The third-order valence-corrected chi connectivity index (χ3v) is 16.8. The van der Waals surface area contributed by atoms with E-state index in [0.29, 0.717) is 12.8 Å². The molecule has 3 saturated heterocycles. The molecule has 0 aliphatic carbocycles. The highest BCUT2D eigenvalue weighted by atomic mass is 16.8. The van der Waals surface area contributed by atoms with Crippen molar-refractivity contribution in [2.45, 2.75) is 304 Å². The molecule has 0 saturated carbocycles. The normalized spacial score (nSPS) is 27.9. The Morgan fingerprint density at radius 1 is 0.385 bits per heavy atom. The van der Waals surface area contributed by atoms with Gasteiger partial charge in [0.15, 0.2) is 18.9 Å². The molecule has 3 fully saturated rings. The number of carbonyl (C=O) groups excluding carboxylic acids is 1. The summed E-state index contributed by atoms with van der Waals surface area (Å²) < 4.78 is 34.3. The van der Waals surface area contributed by atoms with E-state index in [-0.39, 0.29) is 18.9 Å². The van der Waals surface area contributed by atoms with Gasteiger partial charge in [-0.1, -0.05) is 224 Å². The molecular weight excluding hydrogens is 1230 g/mol. The molecule has 0 radical (unpaired) electrons. The number of nitrogens with one attached hydrogen (secondary N) is 1. The monoisotopic (exact) mass is 1350 g/mol. The van der Waals surface area contributed by atoms with Gasteiger partial charge in [0.05, 0.1) is 38.6 Å². The Hall–Kier alpha value is -4.33. The summed E-state index contributed by atoms with van der Waals surface area (Å²) in [5.74, 6) is -0.308. The fraction of sp³-hybridized carbons (Fsp3) is 0.675. The van der Waals surface area contributed by atoms with Crippen molar-refractivity contribution in [2.24, 2.45) is 0 Å². The SMILES string of the molecule is CC/C=C\C/C=C\C/C=C\C/C=C\C/C=C\C/C=C\C/C=C\C/C=C\C/C=C\CCCCCCCCCC(=O)NC(COC1OC(CO)C(OC2OC(CO)C(OC3OC(CO)C(O)C(O)C3O)C(O)C2O)C(O)C1O)C(O)/C=C/CC/C=C/CC/C=C/CCCCCCCC. The van der Waals surface area contributed by atoms with Crippen LogP contribution in [-0.4, -0.2) is 193 Å². The second-order valence-electron chi connectivity index (χ2n) is 24.9. The van der Waals surface area contributed by atoms with Crippen LogP contribution in [0.2, 0.25) is 0 Å². The van der Waals surface area contributed by atoms with E-state index < -0.39 is 124 Å². The first-order chi connectivity index (χ1) is 46.8. The maximum atomic E-state index is 13.4. The summed E-state index contributed by atoms with van der Waals surface area (Å²) in [7, 11) is 0. The van der Waals surface area contributed by atoms with Crippen LogP contribution in [0.15, 0.2) is 146 Å². The van der Waals surface area contributed by atoms with E-state index in [1.807, 2.05) is 6.08 Å². The minimum absolute atomic E-state index is 0.209. The zero-order valence-corrected chi connectivity index (χ0v) is 57.8. The van der Waals surface area contributed by atoms with Crippen molar-refractivity contribution < 1.29 is 89.4 Å². The summed E-state index contributed by atoms with van der Waals surface area (Å²) >= 11 is 0. The van der Waals surface area contributed by atoms with Gasteiger partial charge < -0.3 is 89.9 Å². The fourth-order valence-electron chi connectivity index (χ4n) is 11.0. The van der Waals surface area contributed by atoms with Crippen LogP contribution >= 0.6 is 0 Å². The zero-order valence-electron chi connectivity index (χ0n) is 57.8. The first-order valence-electron chi connectivity index (χ1n) is 36.1. The quantitative estimate of drug-likeness (QED) is 0.0199. The number of aliphatic hydroxyl groups is 11. The zero-order chi connectivity index (χ0) is 69.6. The van der Waals surface area contributed by atoms with Crippen molar-refractivity contribution in [2.75, 3.05) is 26.4 Å². The minimum atomic E-state index is -1.99. The van der Waals surface area contributed by atoms with Crippen LogP contribution in [0.5, 0.6) is 0 Å². The molecule has 546 valence electrons. The molecule has 17 unspecified atom stereocenters. The van der Waals surface area contributed by atoms with Crippen molar-refractivity contribution in [3.63, 3.8) is 0 Å². The van der Waals surface area contributed by atoms with E-state index in [4.69, 9.17) is 28.4 Å². The van der Waals surface area contributed by atoms with E-state index in [1.165, 1.54) is 38.5 Å². The number of allylic oxidation sites excluding steroid dienone is 23. The summed E-state index contributed by atoms with van der Waals surface area (Å²) in [4.78, 5) is 13.4. The van der Waals surface area contributed by atoms with Crippen molar-refractivity contribution >= 4 is 5.91 Å². The number of aliphatic hydroxyl groups excluding tert-OH is 11. The lowest BCUT2D eigenvalue weighted by atomic mass is 9.96. The van der Waals surface area contributed by atoms with E-state index in [1.54, 1.807) is 6.08 Å². The third-order valence-electron chi connectivity index (χ3n) is 16.8. The molecule has 19 nitrogen and oxygen atoms in total. The molecule has 3 aliphatic rings. The summed E-state index contributed by atoms with van der Waals surface area (Å²) in [5, 5.41) is 120. The van der Waals surface area contributed by atoms with Gasteiger partial charge in [0, 0.05) is 6.42 Å². The Morgan fingerprint density at radius 2 is 0.729 bits per heavy atom. The molecule has 0 aromatic rings. The lowest BCUT2D eigenvalue weighted by molar-refractivity contribution is -0.379. The molecule has 0 spiro atoms. The smallest absolute Gasteiger partial charge is 0.220 e. The van der Waals surface area contributed by atoms with Crippen LogP contribution in [0, 0.1) is 0 Å². The van der Waals surface area contributed by atoms with Gasteiger partial charge in [-0.05, 0) is 116 Å². The minimum Gasteiger partial charge on any atom is -0.394 e. The van der Waals surface area contributed by atoms with Gasteiger partial charge >= 0.3 is 0 Å². The predicted molar refractivity (Wildman–Crippen MR) is 378 cm³/mol. The Labute approximate surface area is 574 Å².